The van der Waals surface area contributed by atoms with Gasteiger partial charge in [-0.3, -0.25) is 0 Å². The summed E-state index contributed by atoms with van der Waals surface area (Å²) < 4.78 is 2.51. The van der Waals surface area contributed by atoms with Crippen molar-refractivity contribution in [3.05, 3.63) is 167 Å². The van der Waals surface area contributed by atoms with Gasteiger partial charge in [0.05, 0.1) is 0 Å². The second-order valence-corrected chi connectivity index (χ2v) is 14.0. The Morgan fingerprint density at radius 3 is 1.96 bits per heavy atom. The number of rotatable bonds is 4. The highest BCUT2D eigenvalue weighted by Gasteiger charge is 2.34. The summed E-state index contributed by atoms with van der Waals surface area (Å²) in [4.78, 5) is 15.1. The molecule has 4 nitrogen and oxygen atoms in total. The summed E-state index contributed by atoms with van der Waals surface area (Å²) in [5.74, 6) is 2.43. The Morgan fingerprint density at radius 1 is 0.608 bits per heavy atom. The molecule has 0 N–H and O–H groups in total. The van der Waals surface area contributed by atoms with Crippen LogP contribution in [0.4, 0.5) is 0 Å². The Hall–Kier alpha value is -6.13. The third kappa shape index (κ3) is 4.78. The van der Waals surface area contributed by atoms with Crippen LogP contribution in [0, 0.1) is 6.92 Å². The van der Waals surface area contributed by atoms with Gasteiger partial charge < -0.3 is 4.57 Å². The minimum atomic E-state index is 0.375. The monoisotopic (exact) mass is 656 g/mol. The summed E-state index contributed by atoms with van der Waals surface area (Å²) in [7, 11) is 0. The van der Waals surface area contributed by atoms with E-state index >= 15 is 0 Å². The first-order chi connectivity index (χ1) is 25.1. The van der Waals surface area contributed by atoms with Crippen LogP contribution < -0.4 is 0 Å². The van der Waals surface area contributed by atoms with Crippen LogP contribution in [0.2, 0.25) is 0 Å². The van der Waals surface area contributed by atoms with E-state index in [9.17, 15) is 0 Å². The van der Waals surface area contributed by atoms with Gasteiger partial charge in [0.15, 0.2) is 17.5 Å². The van der Waals surface area contributed by atoms with Crippen LogP contribution in [0.5, 0.6) is 0 Å². The lowest BCUT2D eigenvalue weighted by molar-refractivity contribution is 0.710. The molecular formula is C47H36N4. The summed E-state index contributed by atoms with van der Waals surface area (Å²) in [5, 5.41) is 0. The lowest BCUT2D eigenvalue weighted by atomic mass is 9.83. The van der Waals surface area contributed by atoms with Gasteiger partial charge in [0.2, 0.25) is 0 Å². The van der Waals surface area contributed by atoms with Gasteiger partial charge in [-0.2, -0.15) is 0 Å². The first-order valence-electron chi connectivity index (χ1n) is 18.0. The average Bonchev–Trinajstić information content (AvgIpc) is 3.44. The number of hydrogen-bond acceptors (Lipinski definition) is 3. The summed E-state index contributed by atoms with van der Waals surface area (Å²) in [6.45, 7) is 4.65. The molecule has 0 amide bonds. The number of nitrogens with zero attached hydrogens (tertiary/aromatic N) is 4. The molecular weight excluding hydrogens is 621 g/mol. The van der Waals surface area contributed by atoms with Gasteiger partial charge >= 0.3 is 0 Å². The topological polar surface area (TPSA) is 43.6 Å². The van der Waals surface area contributed by atoms with Gasteiger partial charge in [-0.15, -0.1) is 0 Å². The van der Waals surface area contributed by atoms with E-state index in [0.717, 1.165) is 41.6 Å². The fraction of sp³-hybridized carbons (Fsp3) is 0.128. The van der Waals surface area contributed by atoms with Crippen molar-refractivity contribution in [2.75, 3.05) is 0 Å². The molecule has 7 aromatic rings. The van der Waals surface area contributed by atoms with E-state index in [-0.39, 0.29) is 0 Å². The van der Waals surface area contributed by atoms with E-state index < -0.39 is 0 Å². The van der Waals surface area contributed by atoms with Crippen LogP contribution in [0.1, 0.15) is 59.3 Å². The molecule has 0 aliphatic heterocycles. The molecule has 2 aromatic heterocycles. The summed E-state index contributed by atoms with van der Waals surface area (Å²) in [5.41, 5.74) is 18.7. The maximum atomic E-state index is 5.09. The van der Waals surface area contributed by atoms with Gasteiger partial charge in [-0.05, 0) is 95.5 Å². The van der Waals surface area contributed by atoms with Crippen LogP contribution >= 0.6 is 0 Å². The summed E-state index contributed by atoms with van der Waals surface area (Å²) in [6, 6.07) is 43.4. The SMILES string of the molecule is Cc1c2c3c(n1-c1ccc(-c4nc(-c5ccccc5)nc(-c5ccc6c(c5)CCC=C6)n4)cc1)C(C)CC=C3c1ccccc1-c1ccccc1-2. The predicted octanol–water partition coefficient (Wildman–Crippen LogP) is 11.5. The molecule has 2 heterocycles. The van der Waals surface area contributed by atoms with Crippen LogP contribution in [0.3, 0.4) is 0 Å². The van der Waals surface area contributed by atoms with Gasteiger partial charge in [0.1, 0.15) is 0 Å². The highest BCUT2D eigenvalue weighted by Crippen LogP contribution is 2.53. The minimum absolute atomic E-state index is 0.375. The van der Waals surface area contributed by atoms with Crippen LogP contribution in [0.25, 0.3) is 73.8 Å². The predicted molar refractivity (Wildman–Crippen MR) is 209 cm³/mol. The van der Waals surface area contributed by atoms with Crippen LogP contribution in [-0.2, 0) is 6.42 Å². The number of aryl methyl sites for hydroxylation is 1. The number of hydrogen-bond donors (Lipinski definition) is 0. The zero-order valence-electron chi connectivity index (χ0n) is 28.8. The van der Waals surface area contributed by atoms with Crippen molar-refractivity contribution in [3.8, 4) is 62.1 Å². The van der Waals surface area contributed by atoms with E-state index in [4.69, 9.17) is 15.0 Å². The lowest BCUT2D eigenvalue weighted by Crippen LogP contribution is -2.10. The Morgan fingerprint density at radius 2 is 1.22 bits per heavy atom. The Balaban J connectivity index is 1.11. The molecule has 0 saturated carbocycles. The molecule has 0 bridgehead atoms. The zero-order chi connectivity index (χ0) is 34.1. The molecule has 5 aromatic carbocycles. The molecule has 4 heteroatoms. The minimum Gasteiger partial charge on any atom is -0.317 e. The molecule has 51 heavy (non-hydrogen) atoms. The molecule has 0 radical (unpaired) electrons. The van der Waals surface area contributed by atoms with Gasteiger partial charge in [-0.1, -0.05) is 116 Å². The fourth-order valence-corrected chi connectivity index (χ4v) is 8.44. The highest BCUT2D eigenvalue weighted by molar-refractivity contribution is 6.04. The quantitative estimate of drug-likeness (QED) is 0.189. The molecule has 3 aliphatic rings. The van der Waals surface area contributed by atoms with Gasteiger partial charge in [-0.25, -0.2) is 15.0 Å². The smallest absolute Gasteiger partial charge is 0.164 e. The second-order valence-electron chi connectivity index (χ2n) is 14.0. The molecule has 3 aliphatic carbocycles. The third-order valence-electron chi connectivity index (χ3n) is 10.9. The van der Waals surface area contributed by atoms with E-state index in [1.807, 2.05) is 18.2 Å². The first kappa shape index (κ1) is 29.8. The van der Waals surface area contributed by atoms with E-state index in [2.05, 4.69) is 140 Å². The van der Waals surface area contributed by atoms with Crippen molar-refractivity contribution in [3.63, 3.8) is 0 Å². The van der Waals surface area contributed by atoms with Crippen molar-refractivity contribution < 1.29 is 0 Å². The maximum Gasteiger partial charge on any atom is 0.164 e. The molecule has 1 atom stereocenters. The normalized spacial score (nSPS) is 15.3. The Kier molecular flexibility index (Phi) is 6.85. The summed E-state index contributed by atoms with van der Waals surface area (Å²) in [6.07, 6.45) is 10.0. The average molecular weight is 657 g/mol. The number of allylic oxidation sites excluding steroid dienone is 2. The molecule has 0 fully saturated rings. The second kappa shape index (κ2) is 11.7. The van der Waals surface area contributed by atoms with E-state index in [1.54, 1.807) is 0 Å². The highest BCUT2D eigenvalue weighted by atomic mass is 15.0. The molecule has 244 valence electrons. The fourth-order valence-electron chi connectivity index (χ4n) is 8.44. The van der Waals surface area contributed by atoms with Crippen molar-refractivity contribution in [2.24, 2.45) is 0 Å². The third-order valence-corrected chi connectivity index (χ3v) is 10.9. The van der Waals surface area contributed by atoms with Crippen molar-refractivity contribution >= 4 is 11.6 Å². The largest absolute Gasteiger partial charge is 0.317 e. The number of aromatic nitrogens is 4. The molecule has 0 saturated heterocycles. The molecule has 10 rings (SSSR count). The lowest BCUT2D eigenvalue weighted by Gasteiger charge is -2.24. The van der Waals surface area contributed by atoms with Gasteiger partial charge in [0, 0.05) is 50.8 Å². The van der Waals surface area contributed by atoms with E-state index in [1.165, 1.54) is 61.5 Å². The Labute approximate surface area is 298 Å². The van der Waals surface area contributed by atoms with Crippen LogP contribution in [0.15, 0.2) is 133 Å². The van der Waals surface area contributed by atoms with Crippen molar-refractivity contribution in [1.29, 1.82) is 0 Å². The van der Waals surface area contributed by atoms with Crippen molar-refractivity contribution in [1.82, 2.24) is 19.5 Å². The zero-order valence-corrected chi connectivity index (χ0v) is 28.8. The molecule has 0 spiro atoms. The Bertz CT molecular complexity index is 2570. The molecule has 1 unspecified atom stereocenters. The van der Waals surface area contributed by atoms with Crippen LogP contribution in [-0.4, -0.2) is 19.5 Å². The number of fused-ring (bicyclic) bond motifs is 6. The standard InChI is InChI=1S/C47H36N4/c1-29-20-27-41-39-18-9-8-16-37(39)38-17-10-11-19-40(38)42-30(2)51(44(29)43(41)42)36-25-23-33(24-26-36)46-48-45(32-13-4-3-5-14-32)49-47(50-46)35-22-21-31-12-6-7-15-34(31)28-35/h3-6,8-14,16-19,21-29H,7,15,20H2,1-2H3. The van der Waals surface area contributed by atoms with E-state index in [0.29, 0.717) is 23.4 Å². The number of benzene rings is 5. The first-order valence-corrected chi connectivity index (χ1v) is 18.0. The maximum absolute atomic E-state index is 5.09. The van der Waals surface area contributed by atoms with Crippen molar-refractivity contribution in [2.45, 2.75) is 39.0 Å². The summed E-state index contributed by atoms with van der Waals surface area (Å²) >= 11 is 0. The van der Waals surface area contributed by atoms with Gasteiger partial charge in [0.25, 0.3) is 0 Å².